The van der Waals surface area contributed by atoms with Crippen molar-refractivity contribution in [2.75, 3.05) is 6.61 Å². The van der Waals surface area contributed by atoms with E-state index in [1.807, 2.05) is 54.0 Å². The summed E-state index contributed by atoms with van der Waals surface area (Å²) >= 11 is 1.50. The number of thioether (sulfide) groups is 1. The molecule has 2 heterocycles. The summed E-state index contributed by atoms with van der Waals surface area (Å²) in [6.45, 7) is 2.60. The smallest absolute Gasteiger partial charge is 0.127 e. The topological polar surface area (TPSA) is 39.4 Å². The second-order valence-corrected chi connectivity index (χ2v) is 6.89. The lowest BCUT2D eigenvalue weighted by Crippen LogP contribution is -1.92. The Balaban J connectivity index is 1.61. The Bertz CT molecular complexity index is 1060. The molecule has 4 rings (SSSR count). The minimum Gasteiger partial charge on any atom is -0.494 e. The van der Waals surface area contributed by atoms with Gasteiger partial charge in [-0.3, -0.25) is 0 Å². The molecular formula is C21H18FN3OS. The van der Waals surface area contributed by atoms with Crippen LogP contribution in [0.2, 0.25) is 0 Å². The Morgan fingerprint density at radius 2 is 1.93 bits per heavy atom. The van der Waals surface area contributed by atoms with Crippen molar-refractivity contribution in [1.82, 2.24) is 14.6 Å². The van der Waals surface area contributed by atoms with Crippen LogP contribution in [-0.4, -0.2) is 21.2 Å². The first-order valence-corrected chi connectivity index (χ1v) is 9.67. The van der Waals surface area contributed by atoms with Crippen LogP contribution in [0, 0.1) is 5.82 Å². The number of halogens is 1. The molecule has 0 unspecified atom stereocenters. The van der Waals surface area contributed by atoms with E-state index >= 15 is 0 Å². The molecule has 0 saturated heterocycles. The summed E-state index contributed by atoms with van der Waals surface area (Å²) in [5, 5.41) is 5.46. The monoisotopic (exact) mass is 379 g/mol. The van der Waals surface area contributed by atoms with Crippen LogP contribution >= 0.6 is 11.8 Å². The first-order valence-electron chi connectivity index (χ1n) is 8.68. The van der Waals surface area contributed by atoms with Crippen LogP contribution in [0.4, 0.5) is 4.39 Å². The van der Waals surface area contributed by atoms with Gasteiger partial charge < -0.3 is 4.74 Å². The fourth-order valence-electron chi connectivity index (χ4n) is 2.80. The molecule has 0 atom stereocenters. The summed E-state index contributed by atoms with van der Waals surface area (Å²) in [7, 11) is 0. The van der Waals surface area contributed by atoms with Crippen molar-refractivity contribution in [3.8, 4) is 17.0 Å². The quantitative estimate of drug-likeness (QED) is 0.430. The molecular weight excluding hydrogens is 361 g/mol. The van der Waals surface area contributed by atoms with E-state index in [0.29, 0.717) is 17.9 Å². The van der Waals surface area contributed by atoms with Gasteiger partial charge in [0.1, 0.15) is 16.6 Å². The molecule has 4 aromatic rings. The molecule has 4 nitrogen and oxygen atoms in total. The van der Waals surface area contributed by atoms with Crippen molar-refractivity contribution in [3.63, 3.8) is 0 Å². The fourth-order valence-corrected chi connectivity index (χ4v) is 3.76. The first-order chi connectivity index (χ1) is 13.2. The summed E-state index contributed by atoms with van der Waals surface area (Å²) in [5.41, 5.74) is 3.44. The molecule has 0 aliphatic heterocycles. The van der Waals surface area contributed by atoms with Crippen LogP contribution in [0.15, 0.2) is 72.0 Å². The molecule has 0 aliphatic carbocycles. The minimum atomic E-state index is -0.194. The minimum absolute atomic E-state index is 0.194. The molecule has 0 N–H and O–H groups in total. The number of hydrogen-bond donors (Lipinski definition) is 0. The van der Waals surface area contributed by atoms with Crippen LogP contribution in [0.1, 0.15) is 12.5 Å². The van der Waals surface area contributed by atoms with E-state index in [1.54, 1.807) is 18.3 Å². The summed E-state index contributed by atoms with van der Waals surface area (Å²) in [6, 6.07) is 16.7. The first kappa shape index (κ1) is 17.5. The van der Waals surface area contributed by atoms with Crippen LogP contribution in [-0.2, 0) is 5.75 Å². The van der Waals surface area contributed by atoms with Gasteiger partial charge in [0.15, 0.2) is 0 Å². The zero-order chi connectivity index (χ0) is 18.6. The van der Waals surface area contributed by atoms with Gasteiger partial charge in [0.2, 0.25) is 0 Å². The van der Waals surface area contributed by atoms with E-state index in [0.717, 1.165) is 27.5 Å². The predicted octanol–water partition coefficient (Wildman–Crippen LogP) is 5.23. The lowest BCUT2D eigenvalue weighted by Gasteiger charge is -2.04. The van der Waals surface area contributed by atoms with E-state index in [2.05, 4.69) is 10.1 Å². The van der Waals surface area contributed by atoms with Crippen LogP contribution in [0.5, 0.6) is 5.75 Å². The highest BCUT2D eigenvalue weighted by molar-refractivity contribution is 7.98. The van der Waals surface area contributed by atoms with Gasteiger partial charge in [-0.2, -0.15) is 5.10 Å². The second kappa shape index (κ2) is 7.80. The van der Waals surface area contributed by atoms with Crippen molar-refractivity contribution < 1.29 is 9.13 Å². The SMILES string of the molecule is CCOc1ccc(-c2cc3c(SCc4ccccc4F)nccn3n2)cc1. The summed E-state index contributed by atoms with van der Waals surface area (Å²) in [4.78, 5) is 4.46. The number of hydrogen-bond acceptors (Lipinski definition) is 4. The maximum Gasteiger partial charge on any atom is 0.127 e. The Labute approximate surface area is 161 Å². The van der Waals surface area contributed by atoms with Gasteiger partial charge in [0.05, 0.1) is 17.8 Å². The van der Waals surface area contributed by atoms with Crippen LogP contribution in [0.3, 0.4) is 0 Å². The number of fused-ring (bicyclic) bond motifs is 1. The molecule has 0 aliphatic rings. The van der Waals surface area contributed by atoms with Gasteiger partial charge in [0, 0.05) is 23.7 Å². The van der Waals surface area contributed by atoms with Gasteiger partial charge in [-0.1, -0.05) is 30.0 Å². The van der Waals surface area contributed by atoms with Crippen LogP contribution in [0.25, 0.3) is 16.8 Å². The summed E-state index contributed by atoms with van der Waals surface area (Å²) < 4.78 is 21.2. The highest BCUT2D eigenvalue weighted by Gasteiger charge is 2.11. The number of nitrogens with zero attached hydrogens (tertiary/aromatic N) is 3. The summed E-state index contributed by atoms with van der Waals surface area (Å²) in [6.07, 6.45) is 3.53. The highest BCUT2D eigenvalue weighted by atomic mass is 32.2. The number of ether oxygens (including phenoxy) is 1. The lowest BCUT2D eigenvalue weighted by atomic mass is 10.1. The second-order valence-electron chi connectivity index (χ2n) is 5.93. The van der Waals surface area contributed by atoms with Crippen molar-refractivity contribution in [1.29, 1.82) is 0 Å². The van der Waals surface area contributed by atoms with Crippen molar-refractivity contribution >= 4 is 17.3 Å². The standard InChI is InChI=1S/C21H18FN3OS/c1-2-26-17-9-7-15(8-10-17)19-13-20-21(23-11-12-25(20)24-19)27-14-16-5-3-4-6-18(16)22/h3-13H,2,14H2,1H3. The van der Waals surface area contributed by atoms with E-state index in [1.165, 1.54) is 17.8 Å². The van der Waals surface area contributed by atoms with Crippen molar-refractivity contribution in [3.05, 3.63) is 78.4 Å². The van der Waals surface area contributed by atoms with E-state index in [-0.39, 0.29) is 5.82 Å². The third-order valence-electron chi connectivity index (χ3n) is 4.14. The Kier molecular flexibility index (Phi) is 5.07. The van der Waals surface area contributed by atoms with Gasteiger partial charge in [-0.15, -0.1) is 0 Å². The normalized spacial score (nSPS) is 11.0. The highest BCUT2D eigenvalue weighted by Crippen LogP contribution is 2.29. The molecule has 2 aromatic carbocycles. The van der Waals surface area contributed by atoms with E-state index in [4.69, 9.17) is 4.74 Å². The Morgan fingerprint density at radius 1 is 1.11 bits per heavy atom. The molecule has 0 bridgehead atoms. The van der Waals surface area contributed by atoms with Crippen LogP contribution < -0.4 is 4.74 Å². The molecule has 27 heavy (non-hydrogen) atoms. The lowest BCUT2D eigenvalue weighted by molar-refractivity contribution is 0.340. The third-order valence-corrected chi connectivity index (χ3v) is 5.18. The maximum atomic E-state index is 13.9. The Morgan fingerprint density at radius 3 is 2.70 bits per heavy atom. The molecule has 136 valence electrons. The average molecular weight is 379 g/mol. The summed E-state index contributed by atoms with van der Waals surface area (Å²) in [5.74, 6) is 1.16. The largest absolute Gasteiger partial charge is 0.494 e. The number of rotatable bonds is 6. The van der Waals surface area contributed by atoms with Crippen molar-refractivity contribution in [2.24, 2.45) is 0 Å². The molecule has 0 spiro atoms. The van der Waals surface area contributed by atoms with Crippen molar-refractivity contribution in [2.45, 2.75) is 17.7 Å². The fraction of sp³-hybridized carbons (Fsp3) is 0.143. The molecule has 0 amide bonds. The van der Waals surface area contributed by atoms with Gasteiger partial charge >= 0.3 is 0 Å². The van der Waals surface area contributed by atoms with E-state index < -0.39 is 0 Å². The number of aromatic nitrogens is 3. The van der Waals surface area contributed by atoms with E-state index in [9.17, 15) is 4.39 Å². The molecule has 6 heteroatoms. The molecule has 0 fully saturated rings. The molecule has 0 radical (unpaired) electrons. The Hall–Kier alpha value is -2.86. The number of benzene rings is 2. The average Bonchev–Trinajstić information content (AvgIpc) is 3.13. The maximum absolute atomic E-state index is 13.9. The van der Waals surface area contributed by atoms with Gasteiger partial charge in [-0.05, 0) is 48.9 Å². The molecule has 0 saturated carbocycles. The van der Waals surface area contributed by atoms with Gasteiger partial charge in [-0.25, -0.2) is 13.9 Å². The predicted molar refractivity (Wildman–Crippen MR) is 106 cm³/mol. The zero-order valence-electron chi connectivity index (χ0n) is 14.8. The molecule has 2 aromatic heterocycles. The zero-order valence-corrected chi connectivity index (χ0v) is 15.6. The van der Waals surface area contributed by atoms with Gasteiger partial charge in [0.25, 0.3) is 0 Å². The third kappa shape index (κ3) is 3.80.